The lowest BCUT2D eigenvalue weighted by Gasteiger charge is -2.41. The highest BCUT2D eigenvalue weighted by Gasteiger charge is 2.39. The average Bonchev–Trinajstić information content (AvgIpc) is 2.54. The topological polar surface area (TPSA) is 55.6 Å². The largest absolute Gasteiger partial charge is 0.444 e. The van der Waals surface area contributed by atoms with Crippen molar-refractivity contribution in [1.29, 1.82) is 0 Å². The van der Waals surface area contributed by atoms with E-state index < -0.39 is 5.60 Å². The molecule has 4 nitrogen and oxygen atoms in total. The van der Waals surface area contributed by atoms with Crippen molar-refractivity contribution in [3.05, 3.63) is 0 Å². The zero-order chi connectivity index (χ0) is 13.3. The maximum Gasteiger partial charge on any atom is 0.410 e. The second-order valence-corrected chi connectivity index (χ2v) is 6.70. The van der Waals surface area contributed by atoms with Crippen LogP contribution in [0.3, 0.4) is 0 Å². The molecule has 2 aliphatic carbocycles. The predicted molar refractivity (Wildman–Crippen MR) is 71.3 cm³/mol. The maximum atomic E-state index is 12.3. The van der Waals surface area contributed by atoms with Crippen LogP contribution in [0.1, 0.15) is 59.3 Å². The SMILES string of the molecule is CC(C)(C)OC(=O)N(C1CCC1)C1CCC(N)C1. The van der Waals surface area contributed by atoms with Gasteiger partial charge >= 0.3 is 6.09 Å². The van der Waals surface area contributed by atoms with Crippen molar-refractivity contribution in [2.24, 2.45) is 5.73 Å². The molecule has 4 heteroatoms. The van der Waals surface area contributed by atoms with Crippen LogP contribution in [0.25, 0.3) is 0 Å². The molecule has 2 atom stereocenters. The second kappa shape index (κ2) is 5.08. The Hall–Kier alpha value is -0.770. The lowest BCUT2D eigenvalue weighted by molar-refractivity contribution is -0.00547. The zero-order valence-electron chi connectivity index (χ0n) is 11.8. The van der Waals surface area contributed by atoms with Gasteiger partial charge in [-0.05, 0) is 59.3 Å². The maximum absolute atomic E-state index is 12.3. The van der Waals surface area contributed by atoms with E-state index in [0.717, 1.165) is 32.1 Å². The van der Waals surface area contributed by atoms with Crippen LogP contribution in [0, 0.1) is 0 Å². The fourth-order valence-corrected chi connectivity index (χ4v) is 2.82. The van der Waals surface area contributed by atoms with Gasteiger partial charge < -0.3 is 15.4 Å². The molecule has 104 valence electrons. The van der Waals surface area contributed by atoms with Gasteiger partial charge in [0.1, 0.15) is 5.60 Å². The molecule has 0 bridgehead atoms. The molecule has 2 fully saturated rings. The van der Waals surface area contributed by atoms with Crippen molar-refractivity contribution < 1.29 is 9.53 Å². The van der Waals surface area contributed by atoms with E-state index in [-0.39, 0.29) is 12.1 Å². The van der Waals surface area contributed by atoms with Crippen molar-refractivity contribution in [2.45, 2.75) is 83.0 Å². The number of hydrogen-bond acceptors (Lipinski definition) is 3. The summed E-state index contributed by atoms with van der Waals surface area (Å²) < 4.78 is 5.55. The van der Waals surface area contributed by atoms with Gasteiger partial charge in [0, 0.05) is 18.1 Å². The molecule has 0 heterocycles. The molecule has 18 heavy (non-hydrogen) atoms. The third kappa shape index (κ3) is 3.16. The van der Waals surface area contributed by atoms with Crippen LogP contribution in [0.5, 0.6) is 0 Å². The van der Waals surface area contributed by atoms with Gasteiger partial charge in [-0.2, -0.15) is 0 Å². The molecule has 1 amide bonds. The molecular weight excluding hydrogens is 228 g/mol. The molecule has 2 N–H and O–H groups in total. The summed E-state index contributed by atoms with van der Waals surface area (Å²) in [4.78, 5) is 14.3. The Balaban J connectivity index is 2.02. The summed E-state index contributed by atoms with van der Waals surface area (Å²) in [6, 6.07) is 0.926. The molecule has 0 aromatic heterocycles. The summed E-state index contributed by atoms with van der Waals surface area (Å²) in [5, 5.41) is 0. The lowest BCUT2D eigenvalue weighted by Crippen LogP contribution is -2.51. The van der Waals surface area contributed by atoms with E-state index >= 15 is 0 Å². The van der Waals surface area contributed by atoms with Crippen molar-refractivity contribution in [1.82, 2.24) is 4.90 Å². The lowest BCUT2D eigenvalue weighted by atomic mass is 9.90. The van der Waals surface area contributed by atoms with Crippen molar-refractivity contribution in [2.75, 3.05) is 0 Å². The predicted octanol–water partition coefficient (Wildman–Crippen LogP) is 2.66. The first-order valence-corrected chi connectivity index (χ1v) is 7.14. The number of rotatable bonds is 2. The van der Waals surface area contributed by atoms with Gasteiger partial charge in [0.25, 0.3) is 0 Å². The molecule has 2 rings (SSSR count). The number of carbonyl (C=O) groups excluding carboxylic acids is 1. The van der Waals surface area contributed by atoms with Crippen molar-refractivity contribution >= 4 is 6.09 Å². The molecule has 2 aliphatic rings. The van der Waals surface area contributed by atoms with Crippen LogP contribution in [0.15, 0.2) is 0 Å². The molecule has 2 unspecified atom stereocenters. The highest BCUT2D eigenvalue weighted by molar-refractivity contribution is 5.69. The fraction of sp³-hybridized carbons (Fsp3) is 0.929. The summed E-state index contributed by atoms with van der Waals surface area (Å²) in [5.74, 6) is 0. The minimum atomic E-state index is -0.417. The van der Waals surface area contributed by atoms with E-state index in [0.29, 0.717) is 12.1 Å². The molecule has 0 spiro atoms. The Morgan fingerprint density at radius 3 is 2.22 bits per heavy atom. The molecule has 0 aliphatic heterocycles. The van der Waals surface area contributed by atoms with E-state index in [4.69, 9.17) is 10.5 Å². The summed E-state index contributed by atoms with van der Waals surface area (Å²) in [5.41, 5.74) is 5.55. The Bertz CT molecular complexity index is 307. The smallest absolute Gasteiger partial charge is 0.410 e. The van der Waals surface area contributed by atoms with Crippen LogP contribution >= 0.6 is 0 Å². The number of hydrogen-bond donors (Lipinski definition) is 1. The minimum absolute atomic E-state index is 0.147. The van der Waals surface area contributed by atoms with Crippen LogP contribution in [0.4, 0.5) is 4.79 Å². The first-order chi connectivity index (χ1) is 8.37. The molecule has 0 radical (unpaired) electrons. The average molecular weight is 254 g/mol. The van der Waals surface area contributed by atoms with Crippen LogP contribution < -0.4 is 5.73 Å². The Morgan fingerprint density at radius 1 is 1.17 bits per heavy atom. The zero-order valence-corrected chi connectivity index (χ0v) is 11.8. The minimum Gasteiger partial charge on any atom is -0.444 e. The summed E-state index contributed by atoms with van der Waals surface area (Å²) in [6.07, 6.45) is 6.29. The highest BCUT2D eigenvalue weighted by Crippen LogP contribution is 2.33. The van der Waals surface area contributed by atoms with Gasteiger partial charge in [0.2, 0.25) is 0 Å². The van der Waals surface area contributed by atoms with Crippen LogP contribution in [-0.2, 0) is 4.74 Å². The molecule has 0 aromatic carbocycles. The molecule has 0 saturated heterocycles. The fourth-order valence-electron chi connectivity index (χ4n) is 2.82. The Morgan fingerprint density at radius 2 is 1.83 bits per heavy atom. The molecular formula is C14H26N2O2. The van der Waals surface area contributed by atoms with Gasteiger partial charge in [-0.25, -0.2) is 4.79 Å². The molecule has 2 saturated carbocycles. The Kier molecular flexibility index (Phi) is 3.85. The quantitative estimate of drug-likeness (QED) is 0.824. The number of nitrogens with two attached hydrogens (primary N) is 1. The van der Waals surface area contributed by atoms with Crippen molar-refractivity contribution in [3.8, 4) is 0 Å². The van der Waals surface area contributed by atoms with Crippen LogP contribution in [-0.4, -0.2) is 34.7 Å². The standard InChI is InChI=1S/C14H26N2O2/c1-14(2,3)18-13(17)16(11-5-4-6-11)12-8-7-10(15)9-12/h10-12H,4-9,15H2,1-3H3. The van der Waals surface area contributed by atoms with Crippen LogP contribution in [0.2, 0.25) is 0 Å². The first-order valence-electron chi connectivity index (χ1n) is 7.14. The van der Waals surface area contributed by atoms with Gasteiger partial charge in [-0.3, -0.25) is 0 Å². The molecule has 0 aromatic rings. The monoisotopic (exact) mass is 254 g/mol. The van der Waals surface area contributed by atoms with E-state index in [1.165, 1.54) is 6.42 Å². The third-order valence-corrected chi connectivity index (χ3v) is 3.91. The van der Waals surface area contributed by atoms with Crippen molar-refractivity contribution in [3.63, 3.8) is 0 Å². The number of amides is 1. The summed E-state index contributed by atoms with van der Waals surface area (Å²) in [7, 11) is 0. The summed E-state index contributed by atoms with van der Waals surface area (Å²) in [6.45, 7) is 5.76. The first kappa shape index (κ1) is 13.7. The Labute approximate surface area is 110 Å². The van der Waals surface area contributed by atoms with Gasteiger partial charge in [-0.1, -0.05) is 0 Å². The van der Waals surface area contributed by atoms with Gasteiger partial charge in [0.05, 0.1) is 0 Å². The second-order valence-electron chi connectivity index (χ2n) is 6.70. The van der Waals surface area contributed by atoms with E-state index in [9.17, 15) is 4.79 Å². The normalized spacial score (nSPS) is 28.9. The summed E-state index contributed by atoms with van der Waals surface area (Å²) >= 11 is 0. The highest BCUT2D eigenvalue weighted by atomic mass is 16.6. The third-order valence-electron chi connectivity index (χ3n) is 3.91. The number of nitrogens with zero attached hydrogens (tertiary/aromatic N) is 1. The van der Waals surface area contributed by atoms with E-state index in [2.05, 4.69) is 0 Å². The van der Waals surface area contributed by atoms with Gasteiger partial charge in [0.15, 0.2) is 0 Å². The van der Waals surface area contributed by atoms with E-state index in [1.807, 2.05) is 25.7 Å². The van der Waals surface area contributed by atoms with Gasteiger partial charge in [-0.15, -0.1) is 0 Å². The number of carbonyl (C=O) groups is 1. The number of ether oxygens (including phenoxy) is 1. The van der Waals surface area contributed by atoms with E-state index in [1.54, 1.807) is 0 Å².